The summed E-state index contributed by atoms with van der Waals surface area (Å²) in [4.78, 5) is 0. The van der Waals surface area contributed by atoms with Crippen molar-refractivity contribution < 1.29 is 9.47 Å². The van der Waals surface area contributed by atoms with E-state index in [9.17, 15) is 0 Å². The molecule has 1 rings (SSSR count). The zero-order valence-electron chi connectivity index (χ0n) is 10.9. The topological polar surface area (TPSA) is 30.5 Å². The van der Waals surface area contributed by atoms with Gasteiger partial charge in [-0.3, -0.25) is 0 Å². The maximum absolute atomic E-state index is 5.60. The first-order valence-corrected chi connectivity index (χ1v) is 6.28. The lowest BCUT2D eigenvalue weighted by Crippen LogP contribution is -2.21. The summed E-state index contributed by atoms with van der Waals surface area (Å²) in [5.41, 5.74) is 1.31. The summed E-state index contributed by atoms with van der Waals surface area (Å²) in [6, 6.07) is 8.32. The summed E-state index contributed by atoms with van der Waals surface area (Å²) in [5.74, 6) is 0.973. The van der Waals surface area contributed by atoms with E-state index in [0.717, 1.165) is 44.9 Å². The fraction of sp³-hybridized carbons (Fsp3) is 0.571. The van der Waals surface area contributed by atoms with Crippen LogP contribution in [0.2, 0.25) is 0 Å². The fourth-order valence-electron chi connectivity index (χ4n) is 1.54. The number of nitrogens with one attached hydrogen (secondary N) is 1. The van der Waals surface area contributed by atoms with Crippen LogP contribution in [-0.2, 0) is 11.2 Å². The Balaban J connectivity index is 2.27. The van der Waals surface area contributed by atoms with Crippen LogP contribution in [0.4, 0.5) is 0 Å². The Morgan fingerprint density at radius 3 is 2.82 bits per heavy atom. The molecule has 3 nitrogen and oxygen atoms in total. The molecule has 1 N–H and O–H groups in total. The highest BCUT2D eigenvalue weighted by molar-refractivity contribution is 5.28. The first-order valence-electron chi connectivity index (χ1n) is 6.28. The highest BCUT2D eigenvalue weighted by atomic mass is 16.5. The smallest absolute Gasteiger partial charge is 0.119 e. The molecular formula is C14H23NO2. The molecule has 96 valence electrons. The lowest BCUT2D eigenvalue weighted by Gasteiger charge is -2.07. The van der Waals surface area contributed by atoms with Crippen molar-refractivity contribution in [2.45, 2.75) is 19.8 Å². The Bertz CT molecular complexity index is 302. The van der Waals surface area contributed by atoms with E-state index in [1.54, 1.807) is 7.11 Å². The van der Waals surface area contributed by atoms with E-state index >= 15 is 0 Å². The van der Waals surface area contributed by atoms with Gasteiger partial charge in [-0.25, -0.2) is 0 Å². The average Bonchev–Trinajstić information content (AvgIpc) is 2.37. The summed E-state index contributed by atoms with van der Waals surface area (Å²) >= 11 is 0. The van der Waals surface area contributed by atoms with Crippen molar-refractivity contribution in [3.63, 3.8) is 0 Å². The number of rotatable bonds is 9. The molecule has 0 atom stereocenters. The molecule has 1 aromatic rings. The molecule has 0 saturated carbocycles. The summed E-state index contributed by atoms with van der Waals surface area (Å²) in [6.07, 6.45) is 2.07. The Morgan fingerprint density at radius 2 is 2.06 bits per heavy atom. The van der Waals surface area contributed by atoms with Gasteiger partial charge in [0.1, 0.15) is 5.75 Å². The van der Waals surface area contributed by atoms with Crippen LogP contribution in [0, 0.1) is 0 Å². The molecule has 17 heavy (non-hydrogen) atoms. The molecule has 0 heterocycles. The largest absolute Gasteiger partial charge is 0.494 e. The van der Waals surface area contributed by atoms with Gasteiger partial charge in [0.25, 0.3) is 0 Å². The molecular weight excluding hydrogens is 214 g/mol. The monoisotopic (exact) mass is 237 g/mol. The number of ether oxygens (including phenoxy) is 2. The van der Waals surface area contributed by atoms with Crippen LogP contribution in [-0.4, -0.2) is 33.4 Å². The van der Waals surface area contributed by atoms with Crippen LogP contribution in [0.15, 0.2) is 24.3 Å². The molecule has 0 bridgehead atoms. The van der Waals surface area contributed by atoms with E-state index < -0.39 is 0 Å². The summed E-state index contributed by atoms with van der Waals surface area (Å²) in [5, 5.41) is 3.33. The molecule has 0 aliphatic heterocycles. The predicted molar refractivity (Wildman–Crippen MR) is 70.7 cm³/mol. The molecule has 0 unspecified atom stereocenters. The lowest BCUT2D eigenvalue weighted by atomic mass is 10.1. The Hall–Kier alpha value is -1.06. The fourth-order valence-corrected chi connectivity index (χ4v) is 1.54. The van der Waals surface area contributed by atoms with E-state index in [0.29, 0.717) is 0 Å². The molecule has 0 aliphatic carbocycles. The van der Waals surface area contributed by atoms with Gasteiger partial charge in [-0.2, -0.15) is 0 Å². The second kappa shape index (κ2) is 9.02. The highest BCUT2D eigenvalue weighted by Crippen LogP contribution is 2.13. The molecule has 0 aromatic heterocycles. The van der Waals surface area contributed by atoms with Crippen LogP contribution in [0.3, 0.4) is 0 Å². The van der Waals surface area contributed by atoms with Gasteiger partial charge in [0.15, 0.2) is 0 Å². The standard InChI is InChI=1S/C14H23NO2/c1-3-10-17-14-6-4-5-13(12-14)7-8-15-9-11-16-2/h4-6,12,15H,3,7-11H2,1-2H3. The third kappa shape index (κ3) is 6.29. The minimum absolute atomic E-state index is 0.764. The Labute approximate surface area is 104 Å². The summed E-state index contributed by atoms with van der Waals surface area (Å²) in [7, 11) is 1.72. The van der Waals surface area contributed by atoms with Crippen LogP contribution in [0.1, 0.15) is 18.9 Å². The average molecular weight is 237 g/mol. The zero-order chi connectivity index (χ0) is 12.3. The van der Waals surface area contributed by atoms with Crippen molar-refractivity contribution >= 4 is 0 Å². The predicted octanol–water partition coefficient (Wildman–Crippen LogP) is 2.25. The van der Waals surface area contributed by atoms with Crippen molar-refractivity contribution in [2.24, 2.45) is 0 Å². The van der Waals surface area contributed by atoms with E-state index in [4.69, 9.17) is 9.47 Å². The maximum Gasteiger partial charge on any atom is 0.119 e. The van der Waals surface area contributed by atoms with E-state index in [-0.39, 0.29) is 0 Å². The van der Waals surface area contributed by atoms with Crippen molar-refractivity contribution in [1.29, 1.82) is 0 Å². The molecule has 1 aromatic carbocycles. The Kier molecular flexibility index (Phi) is 7.43. The molecule has 0 amide bonds. The molecule has 0 saturated heterocycles. The minimum atomic E-state index is 0.764. The first-order chi connectivity index (χ1) is 8.36. The van der Waals surface area contributed by atoms with Crippen molar-refractivity contribution in [3.8, 4) is 5.75 Å². The van der Waals surface area contributed by atoms with Crippen molar-refractivity contribution in [1.82, 2.24) is 5.32 Å². The number of hydrogen-bond donors (Lipinski definition) is 1. The molecule has 0 fully saturated rings. The van der Waals surface area contributed by atoms with E-state index in [1.807, 2.05) is 6.07 Å². The second-order valence-corrected chi connectivity index (χ2v) is 3.99. The molecule has 0 spiro atoms. The molecule has 0 aliphatic rings. The van der Waals surface area contributed by atoms with Crippen molar-refractivity contribution in [3.05, 3.63) is 29.8 Å². The number of hydrogen-bond acceptors (Lipinski definition) is 3. The molecule has 0 radical (unpaired) electrons. The van der Waals surface area contributed by atoms with Gasteiger partial charge in [0.05, 0.1) is 13.2 Å². The summed E-state index contributed by atoms with van der Waals surface area (Å²) in [6.45, 7) is 5.54. The minimum Gasteiger partial charge on any atom is -0.494 e. The number of benzene rings is 1. The quantitative estimate of drug-likeness (QED) is 0.668. The van der Waals surface area contributed by atoms with Gasteiger partial charge in [-0.1, -0.05) is 19.1 Å². The number of methoxy groups -OCH3 is 1. The van der Waals surface area contributed by atoms with Gasteiger partial charge in [-0.15, -0.1) is 0 Å². The van der Waals surface area contributed by atoms with E-state index in [1.165, 1.54) is 5.56 Å². The van der Waals surface area contributed by atoms with Gasteiger partial charge in [0.2, 0.25) is 0 Å². The van der Waals surface area contributed by atoms with Crippen molar-refractivity contribution in [2.75, 3.05) is 33.4 Å². The Morgan fingerprint density at radius 1 is 1.18 bits per heavy atom. The van der Waals surface area contributed by atoms with Gasteiger partial charge in [-0.05, 0) is 37.1 Å². The highest BCUT2D eigenvalue weighted by Gasteiger charge is 1.96. The van der Waals surface area contributed by atoms with Crippen LogP contribution in [0.5, 0.6) is 5.75 Å². The van der Waals surface area contributed by atoms with Crippen LogP contribution >= 0.6 is 0 Å². The SMILES string of the molecule is CCCOc1cccc(CCNCCOC)c1. The van der Waals surface area contributed by atoms with Gasteiger partial charge < -0.3 is 14.8 Å². The second-order valence-electron chi connectivity index (χ2n) is 3.99. The molecule has 3 heteroatoms. The van der Waals surface area contributed by atoms with Crippen LogP contribution < -0.4 is 10.1 Å². The lowest BCUT2D eigenvalue weighted by molar-refractivity contribution is 0.199. The zero-order valence-corrected chi connectivity index (χ0v) is 10.9. The van der Waals surface area contributed by atoms with Crippen LogP contribution in [0.25, 0.3) is 0 Å². The van der Waals surface area contributed by atoms with Gasteiger partial charge in [0, 0.05) is 13.7 Å². The maximum atomic E-state index is 5.60. The third-order valence-electron chi connectivity index (χ3n) is 2.44. The van der Waals surface area contributed by atoms with E-state index in [2.05, 4.69) is 30.4 Å². The first kappa shape index (κ1) is 14.0. The normalized spacial score (nSPS) is 10.5. The van der Waals surface area contributed by atoms with Gasteiger partial charge >= 0.3 is 0 Å². The third-order valence-corrected chi connectivity index (χ3v) is 2.44. The summed E-state index contributed by atoms with van der Waals surface area (Å²) < 4.78 is 10.6.